The van der Waals surface area contributed by atoms with Crippen molar-refractivity contribution >= 4 is 39.1 Å². The Morgan fingerprint density at radius 1 is 1.65 bits per heavy atom. The van der Waals surface area contributed by atoms with Crippen molar-refractivity contribution in [3.63, 3.8) is 0 Å². The highest BCUT2D eigenvalue weighted by atomic mass is 79.9. The van der Waals surface area contributed by atoms with Gasteiger partial charge in [-0.2, -0.15) is 0 Å². The minimum Gasteiger partial charge on any atom is -0.323 e. The summed E-state index contributed by atoms with van der Waals surface area (Å²) >= 11 is 8.99. The monoisotopic (exact) mass is 319 g/mol. The molecule has 4 nitrogen and oxygen atoms in total. The predicted octanol–water partition coefficient (Wildman–Crippen LogP) is 2.81. The largest absolute Gasteiger partial charge is 0.323 e. The third kappa shape index (κ3) is 4.61. The maximum absolute atomic E-state index is 11.7. The van der Waals surface area contributed by atoms with Crippen LogP contribution in [-0.2, 0) is 4.79 Å². The molecule has 6 heteroatoms. The second-order valence-corrected chi connectivity index (χ2v) is 5.43. The van der Waals surface area contributed by atoms with Gasteiger partial charge >= 0.3 is 0 Å². The first-order valence-electron chi connectivity index (χ1n) is 5.27. The molecule has 17 heavy (non-hydrogen) atoms. The highest BCUT2D eigenvalue weighted by Gasteiger charge is 2.15. The number of rotatable bonds is 4. The molecule has 94 valence electrons. The van der Waals surface area contributed by atoms with E-state index in [1.807, 2.05) is 13.8 Å². The van der Waals surface area contributed by atoms with Crippen molar-refractivity contribution in [3.05, 3.63) is 21.9 Å². The molecule has 0 saturated carbocycles. The Morgan fingerprint density at radius 3 is 2.82 bits per heavy atom. The molecule has 0 aliphatic carbocycles. The van der Waals surface area contributed by atoms with Gasteiger partial charge in [-0.3, -0.25) is 4.79 Å². The minimum absolute atomic E-state index is 0.213. The fraction of sp³-hybridized carbons (Fsp3) is 0.455. The molecule has 1 aromatic rings. The van der Waals surface area contributed by atoms with Crippen LogP contribution >= 0.6 is 27.5 Å². The summed E-state index contributed by atoms with van der Waals surface area (Å²) in [5.74, 6) is 0.167. The summed E-state index contributed by atoms with van der Waals surface area (Å²) in [6.07, 6.45) is 2.14. The first kappa shape index (κ1) is 14.4. The Kier molecular flexibility index (Phi) is 5.36. The van der Waals surface area contributed by atoms with Crippen LogP contribution in [0, 0.1) is 5.92 Å². The topological polar surface area (TPSA) is 68.0 Å². The molecule has 0 aliphatic rings. The van der Waals surface area contributed by atoms with Crippen molar-refractivity contribution in [2.75, 3.05) is 5.32 Å². The first-order chi connectivity index (χ1) is 7.90. The predicted molar refractivity (Wildman–Crippen MR) is 73.0 cm³/mol. The van der Waals surface area contributed by atoms with Crippen molar-refractivity contribution in [2.24, 2.45) is 11.7 Å². The Hall–Kier alpha value is -0.650. The number of carbonyl (C=O) groups is 1. The quantitative estimate of drug-likeness (QED) is 0.838. The standard InChI is InChI=1S/C11H15BrClN3O/c1-6(2)3-9(14)11(17)16-7-4-8(12)10(13)15-5-7/h4-6,9H,3,14H2,1-2H3,(H,16,17)/t9-/m1/s1. The van der Waals surface area contributed by atoms with Crippen molar-refractivity contribution in [1.29, 1.82) is 0 Å². The van der Waals surface area contributed by atoms with Gasteiger partial charge in [0.1, 0.15) is 5.15 Å². The highest BCUT2D eigenvalue weighted by molar-refractivity contribution is 9.10. The van der Waals surface area contributed by atoms with E-state index >= 15 is 0 Å². The lowest BCUT2D eigenvalue weighted by atomic mass is 10.0. The van der Waals surface area contributed by atoms with Gasteiger partial charge in [-0.25, -0.2) is 4.98 Å². The number of halogens is 2. The number of hydrogen-bond acceptors (Lipinski definition) is 3. The number of amides is 1. The molecular weight excluding hydrogens is 305 g/mol. The summed E-state index contributed by atoms with van der Waals surface area (Å²) < 4.78 is 0.634. The van der Waals surface area contributed by atoms with E-state index in [9.17, 15) is 4.79 Å². The van der Waals surface area contributed by atoms with E-state index in [1.54, 1.807) is 6.07 Å². The molecule has 0 aromatic carbocycles. The number of anilines is 1. The van der Waals surface area contributed by atoms with Crippen molar-refractivity contribution in [1.82, 2.24) is 4.98 Å². The Labute approximate surface area is 114 Å². The summed E-state index contributed by atoms with van der Waals surface area (Å²) in [4.78, 5) is 15.6. The fourth-order valence-electron chi connectivity index (χ4n) is 1.34. The molecule has 1 amide bonds. The van der Waals surface area contributed by atoms with E-state index in [4.69, 9.17) is 17.3 Å². The van der Waals surface area contributed by atoms with E-state index < -0.39 is 6.04 Å². The van der Waals surface area contributed by atoms with Crippen LogP contribution < -0.4 is 11.1 Å². The van der Waals surface area contributed by atoms with Gasteiger partial charge in [-0.15, -0.1) is 0 Å². The zero-order valence-electron chi connectivity index (χ0n) is 9.71. The molecule has 0 saturated heterocycles. The maximum Gasteiger partial charge on any atom is 0.241 e. The average Bonchev–Trinajstić information content (AvgIpc) is 2.22. The van der Waals surface area contributed by atoms with Crippen LogP contribution in [0.3, 0.4) is 0 Å². The molecule has 0 spiro atoms. The summed E-state index contributed by atoms with van der Waals surface area (Å²) in [6.45, 7) is 4.04. The van der Waals surface area contributed by atoms with Gasteiger partial charge in [0.2, 0.25) is 5.91 Å². The molecule has 1 rings (SSSR count). The van der Waals surface area contributed by atoms with E-state index in [0.717, 1.165) is 0 Å². The zero-order valence-corrected chi connectivity index (χ0v) is 12.0. The highest BCUT2D eigenvalue weighted by Crippen LogP contribution is 2.22. The van der Waals surface area contributed by atoms with Crippen LogP contribution in [-0.4, -0.2) is 16.9 Å². The van der Waals surface area contributed by atoms with Crippen molar-refractivity contribution in [3.8, 4) is 0 Å². The summed E-state index contributed by atoms with van der Waals surface area (Å²) in [6, 6.07) is 1.18. The summed E-state index contributed by atoms with van der Waals surface area (Å²) in [5, 5.41) is 3.06. The number of aromatic nitrogens is 1. The van der Waals surface area contributed by atoms with Crippen LogP contribution in [0.25, 0.3) is 0 Å². The number of pyridine rings is 1. The van der Waals surface area contributed by atoms with Crippen LogP contribution in [0.4, 0.5) is 5.69 Å². The number of hydrogen-bond donors (Lipinski definition) is 2. The Morgan fingerprint density at radius 2 is 2.29 bits per heavy atom. The number of carbonyl (C=O) groups excluding carboxylic acids is 1. The van der Waals surface area contributed by atoms with Crippen LogP contribution in [0.5, 0.6) is 0 Å². The maximum atomic E-state index is 11.7. The molecular formula is C11H15BrClN3O. The van der Waals surface area contributed by atoms with Gasteiger partial charge in [0.05, 0.1) is 22.4 Å². The third-order valence-electron chi connectivity index (χ3n) is 2.13. The average molecular weight is 321 g/mol. The Bertz CT molecular complexity index is 412. The van der Waals surface area contributed by atoms with E-state index in [-0.39, 0.29) is 5.91 Å². The molecule has 0 radical (unpaired) electrons. The first-order valence-corrected chi connectivity index (χ1v) is 6.44. The smallest absolute Gasteiger partial charge is 0.241 e. The second-order valence-electron chi connectivity index (χ2n) is 4.22. The van der Waals surface area contributed by atoms with Crippen LogP contribution in [0.1, 0.15) is 20.3 Å². The van der Waals surface area contributed by atoms with Crippen molar-refractivity contribution < 1.29 is 4.79 Å². The normalized spacial score (nSPS) is 12.6. The van der Waals surface area contributed by atoms with Crippen molar-refractivity contribution in [2.45, 2.75) is 26.3 Å². The molecule has 3 N–H and O–H groups in total. The van der Waals surface area contributed by atoms with Gasteiger partial charge < -0.3 is 11.1 Å². The molecule has 0 fully saturated rings. The van der Waals surface area contributed by atoms with Crippen LogP contribution in [0.2, 0.25) is 5.15 Å². The molecule has 0 aliphatic heterocycles. The van der Waals surface area contributed by atoms with Gasteiger partial charge in [-0.1, -0.05) is 25.4 Å². The minimum atomic E-state index is -0.510. The number of nitrogens with zero attached hydrogens (tertiary/aromatic N) is 1. The van der Waals surface area contributed by atoms with Gasteiger partial charge in [0.25, 0.3) is 0 Å². The van der Waals surface area contributed by atoms with Gasteiger partial charge in [0.15, 0.2) is 0 Å². The molecule has 0 unspecified atom stereocenters. The molecule has 0 bridgehead atoms. The van der Waals surface area contributed by atoms with E-state index in [1.165, 1.54) is 6.20 Å². The zero-order chi connectivity index (χ0) is 13.0. The summed E-state index contributed by atoms with van der Waals surface area (Å²) in [5.41, 5.74) is 6.34. The van der Waals surface area contributed by atoms with E-state index in [0.29, 0.717) is 27.7 Å². The third-order valence-corrected chi connectivity index (χ3v) is 3.26. The van der Waals surface area contributed by atoms with Crippen LogP contribution in [0.15, 0.2) is 16.7 Å². The van der Waals surface area contributed by atoms with Gasteiger partial charge in [-0.05, 0) is 34.3 Å². The lowest BCUT2D eigenvalue weighted by Crippen LogP contribution is -2.36. The SMILES string of the molecule is CC(C)C[C@@H](N)C(=O)Nc1cnc(Cl)c(Br)c1. The lowest BCUT2D eigenvalue weighted by molar-refractivity contribution is -0.117. The van der Waals surface area contributed by atoms with Gasteiger partial charge in [0, 0.05) is 0 Å². The molecule has 1 heterocycles. The fourth-order valence-corrected chi connectivity index (χ4v) is 1.79. The molecule has 1 atom stereocenters. The van der Waals surface area contributed by atoms with E-state index in [2.05, 4.69) is 26.2 Å². The number of nitrogens with one attached hydrogen (secondary N) is 1. The number of nitrogens with two attached hydrogens (primary N) is 1. The second kappa shape index (κ2) is 6.33. The Balaban J connectivity index is 2.64. The lowest BCUT2D eigenvalue weighted by Gasteiger charge is -2.14. The summed E-state index contributed by atoms with van der Waals surface area (Å²) in [7, 11) is 0. The molecule has 1 aromatic heterocycles.